The van der Waals surface area contributed by atoms with E-state index >= 15 is 0 Å². The summed E-state index contributed by atoms with van der Waals surface area (Å²) in [5.74, 6) is -0.690. The van der Waals surface area contributed by atoms with E-state index in [9.17, 15) is 14.4 Å². The van der Waals surface area contributed by atoms with Gasteiger partial charge in [-0.05, 0) is 32.6 Å². The summed E-state index contributed by atoms with van der Waals surface area (Å²) < 4.78 is 5.35. The average molecular weight is 294 g/mol. The lowest BCUT2D eigenvalue weighted by molar-refractivity contribution is -0.160. The summed E-state index contributed by atoms with van der Waals surface area (Å²) in [6.07, 6.45) is 5.11. The Bertz CT molecular complexity index is 476. The first-order chi connectivity index (χ1) is 10.00. The number of carbonyl (C=O) groups excluding carboxylic acids is 3. The quantitative estimate of drug-likeness (QED) is 0.745. The summed E-state index contributed by atoms with van der Waals surface area (Å²) in [6, 6.07) is -0.564. The van der Waals surface area contributed by atoms with Crippen LogP contribution in [-0.2, 0) is 14.3 Å². The van der Waals surface area contributed by atoms with Crippen LogP contribution in [0.4, 0.5) is 4.79 Å². The molecule has 1 saturated carbocycles. The van der Waals surface area contributed by atoms with Crippen molar-refractivity contribution in [2.24, 2.45) is 5.41 Å². The van der Waals surface area contributed by atoms with Crippen LogP contribution in [0.15, 0.2) is 0 Å². The van der Waals surface area contributed by atoms with Gasteiger partial charge >= 0.3 is 6.03 Å². The van der Waals surface area contributed by atoms with Crippen molar-refractivity contribution in [2.45, 2.75) is 57.4 Å². The van der Waals surface area contributed by atoms with Crippen LogP contribution in [0.1, 0.15) is 51.9 Å². The molecule has 3 rings (SSSR count). The number of imide groups is 2. The third kappa shape index (κ3) is 2.16. The molecule has 116 valence electrons. The summed E-state index contributed by atoms with van der Waals surface area (Å²) >= 11 is 0. The predicted octanol–water partition coefficient (Wildman–Crippen LogP) is 1.58. The minimum absolute atomic E-state index is 0.291. The first-order valence-corrected chi connectivity index (χ1v) is 7.77. The summed E-state index contributed by atoms with van der Waals surface area (Å²) in [7, 11) is 0. The smallest absolute Gasteiger partial charge is 0.331 e. The third-order valence-electron chi connectivity index (χ3n) is 5.29. The number of ether oxygens (including phenoxy) is 1. The molecule has 0 radical (unpaired) electrons. The van der Waals surface area contributed by atoms with Crippen LogP contribution in [0.2, 0.25) is 0 Å². The summed E-state index contributed by atoms with van der Waals surface area (Å²) in [5.41, 5.74) is -1.57. The van der Waals surface area contributed by atoms with E-state index in [2.05, 4.69) is 5.32 Å². The van der Waals surface area contributed by atoms with Crippen molar-refractivity contribution < 1.29 is 19.1 Å². The molecule has 0 aromatic rings. The molecule has 2 aliphatic heterocycles. The Morgan fingerprint density at radius 1 is 1.00 bits per heavy atom. The molecule has 2 saturated heterocycles. The second-order valence-corrected chi connectivity index (χ2v) is 6.65. The van der Waals surface area contributed by atoms with Gasteiger partial charge in [-0.25, -0.2) is 4.79 Å². The number of barbiturate groups is 1. The Balaban J connectivity index is 1.94. The number of urea groups is 1. The minimum atomic E-state index is -1.02. The molecule has 1 spiro atoms. The highest BCUT2D eigenvalue weighted by Gasteiger charge is 2.57. The zero-order valence-electron chi connectivity index (χ0n) is 12.4. The van der Waals surface area contributed by atoms with E-state index in [1.165, 1.54) is 4.90 Å². The third-order valence-corrected chi connectivity index (χ3v) is 5.29. The molecule has 6 nitrogen and oxygen atoms in total. The van der Waals surface area contributed by atoms with Crippen LogP contribution >= 0.6 is 0 Å². The number of nitrogens with zero attached hydrogens (tertiary/aromatic N) is 1. The van der Waals surface area contributed by atoms with Crippen molar-refractivity contribution >= 4 is 17.8 Å². The fourth-order valence-electron chi connectivity index (χ4n) is 3.80. The van der Waals surface area contributed by atoms with Crippen molar-refractivity contribution in [1.82, 2.24) is 10.2 Å². The van der Waals surface area contributed by atoms with E-state index < -0.39 is 22.9 Å². The molecule has 4 amide bonds. The molecule has 3 fully saturated rings. The molecule has 1 aliphatic carbocycles. The van der Waals surface area contributed by atoms with E-state index in [1.54, 1.807) is 0 Å². The monoisotopic (exact) mass is 294 g/mol. The van der Waals surface area contributed by atoms with E-state index in [4.69, 9.17) is 4.74 Å². The van der Waals surface area contributed by atoms with Gasteiger partial charge in [0.2, 0.25) is 11.8 Å². The number of amides is 4. The van der Waals surface area contributed by atoms with Gasteiger partial charge in [0.05, 0.1) is 5.54 Å². The molecule has 0 bridgehead atoms. The molecule has 0 atom stereocenters. The van der Waals surface area contributed by atoms with Crippen LogP contribution in [0.3, 0.4) is 0 Å². The van der Waals surface area contributed by atoms with Crippen LogP contribution in [-0.4, -0.2) is 41.5 Å². The first kappa shape index (κ1) is 14.5. The summed E-state index contributed by atoms with van der Waals surface area (Å²) in [5, 5.41) is 2.43. The van der Waals surface area contributed by atoms with Gasteiger partial charge in [0.15, 0.2) is 0 Å². The predicted molar refractivity (Wildman–Crippen MR) is 74.4 cm³/mol. The van der Waals surface area contributed by atoms with Gasteiger partial charge in [-0.2, -0.15) is 0 Å². The largest absolute Gasteiger partial charge is 0.381 e. The number of carbonyl (C=O) groups is 3. The summed E-state index contributed by atoms with van der Waals surface area (Å²) in [4.78, 5) is 39.0. The highest BCUT2D eigenvalue weighted by molar-refractivity contribution is 6.19. The van der Waals surface area contributed by atoms with Crippen molar-refractivity contribution in [3.63, 3.8) is 0 Å². The van der Waals surface area contributed by atoms with Crippen LogP contribution in [0.25, 0.3) is 0 Å². The lowest BCUT2D eigenvalue weighted by Crippen LogP contribution is -2.70. The molecule has 3 aliphatic rings. The zero-order chi connectivity index (χ0) is 15.1. The SMILES string of the molecule is CC1(N2C(=O)NC(=O)C3(CCCCC3)C2=O)CCOCC1. The van der Waals surface area contributed by atoms with Gasteiger partial charge in [-0.3, -0.25) is 19.8 Å². The van der Waals surface area contributed by atoms with Crippen molar-refractivity contribution in [3.05, 3.63) is 0 Å². The first-order valence-electron chi connectivity index (χ1n) is 7.77. The fraction of sp³-hybridized carbons (Fsp3) is 0.800. The van der Waals surface area contributed by atoms with Gasteiger partial charge in [0.25, 0.3) is 0 Å². The Morgan fingerprint density at radius 3 is 2.24 bits per heavy atom. The Kier molecular flexibility index (Phi) is 3.51. The van der Waals surface area contributed by atoms with E-state index in [1.807, 2.05) is 6.92 Å². The topological polar surface area (TPSA) is 75.7 Å². The van der Waals surface area contributed by atoms with E-state index in [-0.39, 0.29) is 5.91 Å². The lowest BCUT2D eigenvalue weighted by Gasteiger charge is -2.49. The summed E-state index contributed by atoms with van der Waals surface area (Å²) in [6.45, 7) is 2.99. The van der Waals surface area contributed by atoms with Gasteiger partial charge in [-0.15, -0.1) is 0 Å². The minimum Gasteiger partial charge on any atom is -0.381 e. The van der Waals surface area contributed by atoms with E-state index in [0.29, 0.717) is 38.9 Å². The van der Waals surface area contributed by atoms with Crippen LogP contribution in [0.5, 0.6) is 0 Å². The maximum atomic E-state index is 13.0. The maximum Gasteiger partial charge on any atom is 0.331 e. The number of rotatable bonds is 1. The standard InChI is InChI=1S/C15H22N2O4/c1-14(7-9-21-10-8-14)17-12(19)15(5-3-2-4-6-15)11(18)16-13(17)20/h2-10H2,1H3,(H,16,18,20). The van der Waals surface area contributed by atoms with E-state index in [0.717, 1.165) is 19.3 Å². The number of hydrogen-bond donors (Lipinski definition) is 1. The van der Waals surface area contributed by atoms with Crippen molar-refractivity contribution in [2.75, 3.05) is 13.2 Å². The van der Waals surface area contributed by atoms with Crippen LogP contribution < -0.4 is 5.32 Å². The molecule has 21 heavy (non-hydrogen) atoms. The average Bonchev–Trinajstić information content (AvgIpc) is 2.47. The Hall–Kier alpha value is -1.43. The number of nitrogens with one attached hydrogen (secondary N) is 1. The maximum absolute atomic E-state index is 13.0. The van der Waals surface area contributed by atoms with Crippen molar-refractivity contribution in [1.29, 1.82) is 0 Å². The molecule has 0 aromatic carbocycles. The second kappa shape index (κ2) is 5.09. The van der Waals surface area contributed by atoms with Gasteiger partial charge in [0.1, 0.15) is 5.41 Å². The zero-order valence-corrected chi connectivity index (χ0v) is 12.4. The highest BCUT2D eigenvalue weighted by Crippen LogP contribution is 2.43. The van der Waals surface area contributed by atoms with Crippen LogP contribution in [0, 0.1) is 5.41 Å². The molecular weight excluding hydrogens is 272 g/mol. The fourth-order valence-corrected chi connectivity index (χ4v) is 3.80. The van der Waals surface area contributed by atoms with Crippen molar-refractivity contribution in [3.8, 4) is 0 Å². The molecule has 2 heterocycles. The molecular formula is C15H22N2O4. The van der Waals surface area contributed by atoms with Gasteiger partial charge in [-0.1, -0.05) is 19.3 Å². The van der Waals surface area contributed by atoms with Gasteiger partial charge < -0.3 is 4.74 Å². The Morgan fingerprint density at radius 2 is 1.62 bits per heavy atom. The number of hydrogen-bond acceptors (Lipinski definition) is 4. The molecule has 6 heteroatoms. The Labute approximate surface area is 124 Å². The highest BCUT2D eigenvalue weighted by atomic mass is 16.5. The second-order valence-electron chi connectivity index (χ2n) is 6.65. The van der Waals surface area contributed by atoms with Gasteiger partial charge in [0, 0.05) is 13.2 Å². The lowest BCUT2D eigenvalue weighted by atomic mass is 9.70. The molecule has 0 aromatic heterocycles. The molecule has 1 N–H and O–H groups in total. The molecule has 0 unspecified atom stereocenters. The normalized spacial score (nSPS) is 28.6.